The molecule has 4 rings (SSSR count). The van der Waals surface area contributed by atoms with Gasteiger partial charge in [0, 0.05) is 37.1 Å². The van der Waals surface area contributed by atoms with Gasteiger partial charge in [-0.15, -0.1) is 0 Å². The minimum atomic E-state index is 0.549. The fourth-order valence-electron chi connectivity index (χ4n) is 2.72. The van der Waals surface area contributed by atoms with E-state index in [9.17, 15) is 0 Å². The van der Waals surface area contributed by atoms with Gasteiger partial charge in [0.1, 0.15) is 11.5 Å². The summed E-state index contributed by atoms with van der Waals surface area (Å²) in [6, 6.07) is 12.0. The molecule has 5 nitrogen and oxygen atoms in total. The minimum Gasteiger partial charge on any atom is -0.458 e. The second kappa shape index (κ2) is 5.18. The first kappa shape index (κ1) is 12.3. The van der Waals surface area contributed by atoms with E-state index < -0.39 is 0 Å². The van der Waals surface area contributed by atoms with Crippen molar-refractivity contribution in [3.63, 3.8) is 0 Å². The van der Waals surface area contributed by atoms with E-state index in [1.165, 1.54) is 5.69 Å². The highest BCUT2D eigenvalue weighted by Crippen LogP contribution is 2.28. The summed E-state index contributed by atoms with van der Waals surface area (Å²) >= 11 is 0. The minimum absolute atomic E-state index is 0.549. The first-order valence-electron chi connectivity index (χ1n) is 7.10. The van der Waals surface area contributed by atoms with Gasteiger partial charge in [-0.3, -0.25) is 15.0 Å². The summed E-state index contributed by atoms with van der Waals surface area (Å²) in [7, 11) is 0. The molecule has 0 aliphatic carbocycles. The van der Waals surface area contributed by atoms with Gasteiger partial charge in [0.15, 0.2) is 5.76 Å². The van der Waals surface area contributed by atoms with E-state index in [4.69, 9.17) is 4.42 Å². The van der Waals surface area contributed by atoms with E-state index in [1.54, 1.807) is 6.20 Å². The highest BCUT2D eigenvalue weighted by atomic mass is 16.3. The maximum Gasteiger partial charge on any atom is 0.152 e. The zero-order chi connectivity index (χ0) is 14.1. The first-order chi connectivity index (χ1) is 10.4. The molecule has 1 N–H and O–H groups in total. The number of aromatic nitrogens is 3. The fraction of sp³-hybridized carbons (Fsp3) is 0.250. The molecule has 3 aromatic rings. The summed E-state index contributed by atoms with van der Waals surface area (Å²) in [6.07, 6.45) is 3.59. The number of aromatic amines is 1. The number of likely N-dealkylation sites (tertiary alicyclic amines) is 1. The second-order valence-corrected chi connectivity index (χ2v) is 5.38. The lowest BCUT2D eigenvalue weighted by molar-refractivity contribution is 0.127. The number of nitrogens with zero attached hydrogens (tertiary/aromatic N) is 3. The van der Waals surface area contributed by atoms with E-state index >= 15 is 0 Å². The molecule has 1 saturated heterocycles. The Balaban J connectivity index is 1.36. The van der Waals surface area contributed by atoms with Crippen LogP contribution in [-0.2, 0) is 6.54 Å². The summed E-state index contributed by atoms with van der Waals surface area (Å²) in [5.74, 6) is 2.37. The molecule has 0 bridgehead atoms. The summed E-state index contributed by atoms with van der Waals surface area (Å²) in [4.78, 5) is 6.79. The molecule has 21 heavy (non-hydrogen) atoms. The molecule has 1 aliphatic rings. The average Bonchev–Trinajstić information content (AvgIpc) is 3.14. The molecule has 4 heterocycles. The molecule has 5 heteroatoms. The Morgan fingerprint density at radius 2 is 2.10 bits per heavy atom. The Morgan fingerprint density at radius 3 is 2.86 bits per heavy atom. The van der Waals surface area contributed by atoms with Crippen LogP contribution in [0.4, 0.5) is 0 Å². The number of rotatable bonds is 4. The van der Waals surface area contributed by atoms with Gasteiger partial charge in [-0.05, 0) is 30.3 Å². The largest absolute Gasteiger partial charge is 0.458 e. The van der Waals surface area contributed by atoms with Crippen LogP contribution in [0.5, 0.6) is 0 Å². The van der Waals surface area contributed by atoms with Crippen LogP contribution in [0.25, 0.3) is 11.5 Å². The van der Waals surface area contributed by atoms with Gasteiger partial charge in [0.25, 0.3) is 0 Å². The molecule has 0 unspecified atom stereocenters. The smallest absolute Gasteiger partial charge is 0.152 e. The third-order valence-electron chi connectivity index (χ3n) is 3.87. The zero-order valence-electron chi connectivity index (χ0n) is 11.6. The van der Waals surface area contributed by atoms with Gasteiger partial charge in [-0.1, -0.05) is 6.07 Å². The van der Waals surface area contributed by atoms with Crippen LogP contribution in [0.1, 0.15) is 17.4 Å². The first-order valence-corrected chi connectivity index (χ1v) is 7.10. The van der Waals surface area contributed by atoms with E-state index in [0.717, 1.165) is 36.8 Å². The fourth-order valence-corrected chi connectivity index (χ4v) is 2.72. The van der Waals surface area contributed by atoms with Gasteiger partial charge in [0.2, 0.25) is 0 Å². The monoisotopic (exact) mass is 280 g/mol. The Morgan fingerprint density at radius 1 is 1.14 bits per heavy atom. The number of furan rings is 1. The summed E-state index contributed by atoms with van der Waals surface area (Å²) in [6.45, 7) is 2.92. The summed E-state index contributed by atoms with van der Waals surface area (Å²) in [5, 5.41) is 6.85. The third-order valence-corrected chi connectivity index (χ3v) is 3.87. The normalized spacial score (nSPS) is 16.0. The van der Waals surface area contributed by atoms with E-state index in [-0.39, 0.29) is 0 Å². The molecule has 1 aliphatic heterocycles. The lowest BCUT2D eigenvalue weighted by Crippen LogP contribution is -2.44. The summed E-state index contributed by atoms with van der Waals surface area (Å²) in [5.41, 5.74) is 2.10. The lowest BCUT2D eigenvalue weighted by Gasteiger charge is -2.38. The quantitative estimate of drug-likeness (QED) is 0.798. The molecule has 0 radical (unpaired) electrons. The van der Waals surface area contributed by atoms with E-state index in [2.05, 4.69) is 26.1 Å². The molecule has 0 spiro atoms. The third kappa shape index (κ3) is 2.48. The van der Waals surface area contributed by atoms with E-state index in [0.29, 0.717) is 5.92 Å². The number of H-pyrrole nitrogens is 1. The zero-order valence-corrected chi connectivity index (χ0v) is 11.6. The van der Waals surface area contributed by atoms with Gasteiger partial charge in [-0.2, -0.15) is 5.10 Å². The Bertz CT molecular complexity index is 699. The molecule has 106 valence electrons. The Labute approximate surface area is 122 Å². The van der Waals surface area contributed by atoms with Gasteiger partial charge in [0.05, 0.1) is 6.54 Å². The lowest BCUT2D eigenvalue weighted by atomic mass is 9.96. The topological polar surface area (TPSA) is 58.0 Å². The van der Waals surface area contributed by atoms with Gasteiger partial charge in [-0.25, -0.2) is 0 Å². The maximum absolute atomic E-state index is 5.85. The highest BCUT2D eigenvalue weighted by Gasteiger charge is 2.29. The van der Waals surface area contributed by atoms with Crippen molar-refractivity contribution in [1.82, 2.24) is 20.1 Å². The maximum atomic E-state index is 5.85. The van der Waals surface area contributed by atoms with E-state index in [1.807, 2.05) is 36.5 Å². The molecule has 1 fully saturated rings. The molecule has 3 aromatic heterocycles. The molecule has 0 saturated carbocycles. The number of hydrogen-bond donors (Lipinski definition) is 1. The molecular weight excluding hydrogens is 264 g/mol. The molecule has 0 amide bonds. The SMILES string of the molecule is c1ccc(C2CN(Cc3ccc(-c4ccn[nH]4)o3)C2)nc1. The van der Waals surface area contributed by atoms with Crippen molar-refractivity contribution in [2.75, 3.05) is 13.1 Å². The van der Waals surface area contributed by atoms with Crippen LogP contribution >= 0.6 is 0 Å². The van der Waals surface area contributed by atoms with Crippen LogP contribution in [0.2, 0.25) is 0 Å². The highest BCUT2D eigenvalue weighted by molar-refractivity contribution is 5.51. The van der Waals surface area contributed by atoms with Crippen LogP contribution in [0.3, 0.4) is 0 Å². The average molecular weight is 280 g/mol. The molecular formula is C16H16N4O. The number of hydrogen-bond acceptors (Lipinski definition) is 4. The number of pyridine rings is 1. The van der Waals surface area contributed by atoms with Gasteiger partial charge < -0.3 is 4.42 Å². The molecule has 0 atom stereocenters. The van der Waals surface area contributed by atoms with Crippen LogP contribution in [-0.4, -0.2) is 33.2 Å². The Kier molecular flexibility index (Phi) is 3.05. The van der Waals surface area contributed by atoms with Crippen molar-refractivity contribution in [1.29, 1.82) is 0 Å². The van der Waals surface area contributed by atoms with Crippen LogP contribution in [0.15, 0.2) is 53.2 Å². The van der Waals surface area contributed by atoms with Crippen molar-refractivity contribution in [3.05, 3.63) is 60.2 Å². The van der Waals surface area contributed by atoms with Gasteiger partial charge >= 0.3 is 0 Å². The van der Waals surface area contributed by atoms with Crippen LogP contribution < -0.4 is 0 Å². The van der Waals surface area contributed by atoms with Crippen molar-refractivity contribution in [2.24, 2.45) is 0 Å². The number of nitrogens with one attached hydrogen (secondary N) is 1. The van der Waals surface area contributed by atoms with Crippen molar-refractivity contribution < 1.29 is 4.42 Å². The standard InChI is InChI=1S/C16H16N4O/c1-2-7-17-14(3-1)12-9-20(10-12)11-13-4-5-16(21-13)15-6-8-18-19-15/h1-8,12H,9-11H2,(H,18,19). The molecule has 0 aromatic carbocycles. The second-order valence-electron chi connectivity index (χ2n) is 5.38. The van der Waals surface area contributed by atoms with Crippen molar-refractivity contribution >= 4 is 0 Å². The van der Waals surface area contributed by atoms with Crippen LogP contribution in [0, 0.1) is 0 Å². The predicted octanol–water partition coefficient (Wildman–Crippen LogP) is 2.66. The summed E-state index contributed by atoms with van der Waals surface area (Å²) < 4.78 is 5.85. The van der Waals surface area contributed by atoms with Crippen molar-refractivity contribution in [2.45, 2.75) is 12.5 Å². The predicted molar refractivity (Wildman–Crippen MR) is 78.5 cm³/mol. The van der Waals surface area contributed by atoms with Crippen molar-refractivity contribution in [3.8, 4) is 11.5 Å². The Hall–Kier alpha value is -2.40.